The summed E-state index contributed by atoms with van der Waals surface area (Å²) in [5, 5.41) is 11.2. The van der Waals surface area contributed by atoms with Crippen molar-refractivity contribution in [3.8, 4) is 0 Å². The zero-order valence-electron chi connectivity index (χ0n) is 15.2. The van der Waals surface area contributed by atoms with Gasteiger partial charge in [-0.15, -0.1) is 0 Å². The van der Waals surface area contributed by atoms with Gasteiger partial charge in [-0.05, 0) is 86.4 Å². The Morgan fingerprint density at radius 1 is 1.00 bits per heavy atom. The Labute approximate surface area is 141 Å². The molecule has 23 heavy (non-hydrogen) atoms. The van der Waals surface area contributed by atoms with Crippen LogP contribution in [-0.4, -0.2) is 17.0 Å². The third kappa shape index (κ3) is 2.12. The van der Waals surface area contributed by atoms with Gasteiger partial charge in [0.25, 0.3) is 0 Å². The lowest BCUT2D eigenvalue weighted by Crippen LogP contribution is -2.58. The molecule has 4 saturated carbocycles. The van der Waals surface area contributed by atoms with Gasteiger partial charge in [0.1, 0.15) is 5.78 Å². The molecule has 0 aromatic carbocycles. The molecule has 4 fully saturated rings. The lowest BCUT2D eigenvalue weighted by atomic mass is 9.44. The number of rotatable bonds is 1. The van der Waals surface area contributed by atoms with Crippen molar-refractivity contribution in [3.05, 3.63) is 0 Å². The van der Waals surface area contributed by atoms with E-state index in [4.69, 9.17) is 0 Å². The zero-order chi connectivity index (χ0) is 16.4. The highest BCUT2D eigenvalue weighted by atomic mass is 16.3. The van der Waals surface area contributed by atoms with E-state index in [-0.39, 0.29) is 17.4 Å². The van der Waals surface area contributed by atoms with Crippen LogP contribution in [0.4, 0.5) is 0 Å². The molecule has 4 rings (SSSR count). The molecule has 130 valence electrons. The van der Waals surface area contributed by atoms with Crippen LogP contribution in [0, 0.1) is 40.4 Å². The SMILES string of the molecule is CC(=O)[C@@H]1CC[C@@H]2[C@@H]3CC[C@H]4CCCC[C@]4(C)[C@H]3[C@H](O)C[C@]21C. The van der Waals surface area contributed by atoms with Crippen LogP contribution >= 0.6 is 0 Å². The Bertz CT molecular complexity index is 500. The molecular formula is C21H34O2. The predicted molar refractivity (Wildman–Crippen MR) is 91.9 cm³/mol. The highest BCUT2D eigenvalue weighted by molar-refractivity contribution is 5.79. The first-order valence-corrected chi connectivity index (χ1v) is 10.1. The number of aliphatic hydroxyl groups is 1. The van der Waals surface area contributed by atoms with Crippen molar-refractivity contribution >= 4 is 5.78 Å². The maximum absolute atomic E-state index is 12.2. The normalized spacial score (nSPS) is 55.7. The molecule has 0 amide bonds. The second-order valence-electron chi connectivity index (χ2n) is 9.84. The monoisotopic (exact) mass is 318 g/mol. The highest BCUT2D eigenvalue weighted by Crippen LogP contribution is 2.67. The average molecular weight is 319 g/mol. The minimum Gasteiger partial charge on any atom is -0.393 e. The summed E-state index contributed by atoms with van der Waals surface area (Å²) in [5.41, 5.74) is 0.417. The maximum atomic E-state index is 12.2. The number of fused-ring (bicyclic) bond motifs is 5. The Morgan fingerprint density at radius 3 is 2.52 bits per heavy atom. The van der Waals surface area contributed by atoms with Crippen LogP contribution in [0.25, 0.3) is 0 Å². The summed E-state index contributed by atoms with van der Waals surface area (Å²) in [6, 6.07) is 0. The summed E-state index contributed by atoms with van der Waals surface area (Å²) >= 11 is 0. The number of carbonyl (C=O) groups is 1. The first-order chi connectivity index (χ1) is 10.9. The predicted octanol–water partition coefficient (Wildman–Crippen LogP) is 4.60. The van der Waals surface area contributed by atoms with Gasteiger partial charge in [0.15, 0.2) is 0 Å². The summed E-state index contributed by atoms with van der Waals surface area (Å²) in [4.78, 5) is 12.2. The summed E-state index contributed by atoms with van der Waals surface area (Å²) in [6.07, 6.45) is 11.1. The fourth-order valence-electron chi connectivity index (χ4n) is 8.09. The lowest BCUT2D eigenvalue weighted by molar-refractivity contribution is -0.170. The molecule has 8 atom stereocenters. The molecule has 4 aliphatic rings. The molecule has 0 bridgehead atoms. The third-order valence-electron chi connectivity index (χ3n) is 9.00. The van der Waals surface area contributed by atoms with Crippen molar-refractivity contribution in [3.63, 3.8) is 0 Å². The van der Waals surface area contributed by atoms with Crippen molar-refractivity contribution < 1.29 is 9.90 Å². The smallest absolute Gasteiger partial charge is 0.133 e. The highest BCUT2D eigenvalue weighted by Gasteiger charge is 2.63. The van der Waals surface area contributed by atoms with Crippen LogP contribution in [0.2, 0.25) is 0 Å². The van der Waals surface area contributed by atoms with Crippen molar-refractivity contribution in [2.24, 2.45) is 40.4 Å². The number of carbonyl (C=O) groups excluding carboxylic acids is 1. The minimum atomic E-state index is -0.188. The third-order valence-corrected chi connectivity index (χ3v) is 9.00. The van der Waals surface area contributed by atoms with Crippen molar-refractivity contribution in [2.45, 2.75) is 84.7 Å². The molecule has 0 aliphatic heterocycles. The number of ketones is 1. The van der Waals surface area contributed by atoms with E-state index in [1.807, 2.05) is 0 Å². The number of aliphatic hydroxyl groups excluding tert-OH is 1. The standard InChI is InChI=1S/C21H34O2/c1-13(22)16-9-10-17-15-8-7-14-6-4-5-11-20(14,2)19(15)18(23)12-21(16,17)3/h14-19,23H,4-12H2,1-3H3/t14-,15+,16+,17-,18-,19-,20+,21+/m1/s1. The van der Waals surface area contributed by atoms with Crippen LogP contribution < -0.4 is 0 Å². The largest absolute Gasteiger partial charge is 0.393 e. The first kappa shape index (κ1) is 16.1. The van der Waals surface area contributed by atoms with Crippen molar-refractivity contribution in [1.29, 1.82) is 0 Å². The van der Waals surface area contributed by atoms with Crippen LogP contribution in [0.15, 0.2) is 0 Å². The van der Waals surface area contributed by atoms with Gasteiger partial charge in [-0.1, -0.05) is 26.7 Å². The second kappa shape index (κ2) is 5.31. The van der Waals surface area contributed by atoms with Crippen LogP contribution in [0.5, 0.6) is 0 Å². The van der Waals surface area contributed by atoms with Gasteiger partial charge in [-0.25, -0.2) is 0 Å². The fraction of sp³-hybridized carbons (Fsp3) is 0.952. The molecule has 2 nitrogen and oxygen atoms in total. The van der Waals surface area contributed by atoms with E-state index in [2.05, 4.69) is 13.8 Å². The molecule has 2 heteroatoms. The Balaban J connectivity index is 1.69. The Hall–Kier alpha value is -0.370. The molecule has 0 radical (unpaired) electrons. The molecule has 1 N–H and O–H groups in total. The van der Waals surface area contributed by atoms with E-state index in [1.54, 1.807) is 6.92 Å². The van der Waals surface area contributed by atoms with Gasteiger partial charge in [-0.2, -0.15) is 0 Å². The van der Waals surface area contributed by atoms with E-state index in [0.29, 0.717) is 29.0 Å². The number of hydrogen-bond acceptors (Lipinski definition) is 2. The summed E-state index contributed by atoms with van der Waals surface area (Å²) in [6.45, 7) is 6.60. The zero-order valence-corrected chi connectivity index (χ0v) is 15.2. The molecule has 0 spiro atoms. The van der Waals surface area contributed by atoms with Gasteiger partial charge < -0.3 is 5.11 Å². The van der Waals surface area contributed by atoms with Gasteiger partial charge in [0, 0.05) is 5.92 Å². The quantitative estimate of drug-likeness (QED) is 0.767. The summed E-state index contributed by atoms with van der Waals surface area (Å²) in [7, 11) is 0. The van der Waals surface area contributed by atoms with E-state index in [1.165, 1.54) is 44.9 Å². The van der Waals surface area contributed by atoms with E-state index in [9.17, 15) is 9.90 Å². The van der Waals surface area contributed by atoms with Crippen molar-refractivity contribution in [2.75, 3.05) is 0 Å². The van der Waals surface area contributed by atoms with E-state index < -0.39 is 0 Å². The van der Waals surface area contributed by atoms with Gasteiger partial charge in [-0.3, -0.25) is 4.79 Å². The Morgan fingerprint density at radius 2 is 1.78 bits per heavy atom. The van der Waals surface area contributed by atoms with Crippen LogP contribution in [-0.2, 0) is 4.79 Å². The second-order valence-corrected chi connectivity index (χ2v) is 9.84. The molecular weight excluding hydrogens is 284 g/mol. The summed E-state index contributed by atoms with van der Waals surface area (Å²) < 4.78 is 0. The van der Waals surface area contributed by atoms with Gasteiger partial charge in [0.05, 0.1) is 6.10 Å². The number of Topliss-reactive ketones (excluding diaryl/α,β-unsaturated/α-hetero) is 1. The van der Waals surface area contributed by atoms with Crippen LogP contribution in [0.1, 0.15) is 78.6 Å². The van der Waals surface area contributed by atoms with Crippen LogP contribution in [0.3, 0.4) is 0 Å². The minimum absolute atomic E-state index is 0.0598. The van der Waals surface area contributed by atoms with Gasteiger partial charge in [0.2, 0.25) is 0 Å². The Kier molecular flexibility index (Phi) is 3.72. The molecule has 0 aromatic heterocycles. The van der Waals surface area contributed by atoms with Crippen molar-refractivity contribution in [1.82, 2.24) is 0 Å². The van der Waals surface area contributed by atoms with Gasteiger partial charge >= 0.3 is 0 Å². The lowest BCUT2D eigenvalue weighted by Gasteiger charge is -2.62. The molecule has 0 unspecified atom stereocenters. The van der Waals surface area contributed by atoms with E-state index in [0.717, 1.165) is 18.8 Å². The average Bonchev–Trinajstić information content (AvgIpc) is 2.82. The topological polar surface area (TPSA) is 37.3 Å². The molecule has 0 heterocycles. The first-order valence-electron chi connectivity index (χ1n) is 10.1. The van der Waals surface area contributed by atoms with E-state index >= 15 is 0 Å². The fourth-order valence-corrected chi connectivity index (χ4v) is 8.09. The maximum Gasteiger partial charge on any atom is 0.133 e. The molecule has 0 saturated heterocycles. The summed E-state index contributed by atoms with van der Waals surface area (Å²) in [5.74, 6) is 3.21. The molecule has 0 aromatic rings. The molecule has 4 aliphatic carbocycles. The number of hydrogen-bond donors (Lipinski definition) is 1.